The highest BCUT2D eigenvalue weighted by Crippen LogP contribution is 2.09. The van der Waals surface area contributed by atoms with Crippen molar-refractivity contribution in [1.82, 2.24) is 10.3 Å². The average Bonchev–Trinajstić information content (AvgIpc) is 2.30. The summed E-state index contributed by atoms with van der Waals surface area (Å²) in [5.41, 5.74) is 0.915. The number of hydrogen-bond acceptors (Lipinski definition) is 4. The third-order valence-corrected chi connectivity index (χ3v) is 2.27. The van der Waals surface area contributed by atoms with Crippen molar-refractivity contribution in [3.05, 3.63) is 30.1 Å². The van der Waals surface area contributed by atoms with Crippen molar-refractivity contribution in [1.29, 1.82) is 0 Å². The van der Waals surface area contributed by atoms with Gasteiger partial charge in [0, 0.05) is 12.2 Å². The fourth-order valence-corrected chi connectivity index (χ4v) is 1.43. The second-order valence-corrected chi connectivity index (χ2v) is 3.62. The van der Waals surface area contributed by atoms with Crippen LogP contribution in [0.1, 0.15) is 32.5 Å². The normalized spacial score (nSPS) is 14.2. The summed E-state index contributed by atoms with van der Waals surface area (Å²) in [6.07, 6.45) is 1.74. The lowest BCUT2D eigenvalue weighted by molar-refractivity contribution is -0.145. The Balaban J connectivity index is 2.51. The highest BCUT2D eigenvalue weighted by Gasteiger charge is 2.17. The van der Waals surface area contributed by atoms with E-state index in [-0.39, 0.29) is 18.1 Å². The van der Waals surface area contributed by atoms with Gasteiger partial charge in [-0.1, -0.05) is 6.07 Å². The van der Waals surface area contributed by atoms with Gasteiger partial charge in [0.05, 0.1) is 12.3 Å². The summed E-state index contributed by atoms with van der Waals surface area (Å²) in [4.78, 5) is 15.6. The number of carbonyl (C=O) groups excluding carboxylic acids is 1. The smallest absolute Gasteiger partial charge is 0.322 e. The van der Waals surface area contributed by atoms with Crippen molar-refractivity contribution in [3.8, 4) is 0 Å². The molecular weight excluding hydrogens is 204 g/mol. The van der Waals surface area contributed by atoms with Gasteiger partial charge in [0.25, 0.3) is 0 Å². The molecule has 0 aliphatic rings. The quantitative estimate of drug-likeness (QED) is 0.770. The van der Waals surface area contributed by atoms with Crippen molar-refractivity contribution in [2.24, 2.45) is 0 Å². The average molecular weight is 222 g/mol. The molecule has 0 radical (unpaired) electrons. The van der Waals surface area contributed by atoms with Gasteiger partial charge in [-0.2, -0.15) is 0 Å². The molecule has 0 saturated carbocycles. The van der Waals surface area contributed by atoms with E-state index in [1.165, 1.54) is 0 Å². The maximum atomic E-state index is 11.4. The Kier molecular flexibility index (Phi) is 4.92. The second-order valence-electron chi connectivity index (χ2n) is 3.62. The first kappa shape index (κ1) is 12.6. The molecule has 0 saturated heterocycles. The fraction of sp³-hybridized carbons (Fsp3) is 0.500. The highest BCUT2D eigenvalue weighted by atomic mass is 16.5. The fourth-order valence-electron chi connectivity index (χ4n) is 1.43. The van der Waals surface area contributed by atoms with Gasteiger partial charge in [-0.3, -0.25) is 15.1 Å². The van der Waals surface area contributed by atoms with Crippen LogP contribution in [0.5, 0.6) is 0 Å². The van der Waals surface area contributed by atoms with Crippen LogP contribution in [-0.4, -0.2) is 23.6 Å². The van der Waals surface area contributed by atoms with Crippen LogP contribution < -0.4 is 5.32 Å². The Morgan fingerprint density at radius 2 is 2.25 bits per heavy atom. The van der Waals surface area contributed by atoms with Crippen molar-refractivity contribution in [3.63, 3.8) is 0 Å². The molecule has 88 valence electrons. The van der Waals surface area contributed by atoms with Crippen LogP contribution in [0.15, 0.2) is 24.4 Å². The van der Waals surface area contributed by atoms with Gasteiger partial charge in [0.2, 0.25) is 0 Å². The molecular formula is C12H18N2O2. The van der Waals surface area contributed by atoms with Crippen LogP contribution in [0.4, 0.5) is 0 Å². The minimum atomic E-state index is -0.322. The zero-order valence-corrected chi connectivity index (χ0v) is 9.93. The molecule has 1 aromatic heterocycles. The molecule has 1 N–H and O–H groups in total. The van der Waals surface area contributed by atoms with Gasteiger partial charge in [-0.25, -0.2) is 0 Å². The van der Waals surface area contributed by atoms with Crippen molar-refractivity contribution in [2.45, 2.75) is 32.9 Å². The van der Waals surface area contributed by atoms with Gasteiger partial charge in [-0.15, -0.1) is 0 Å². The lowest BCUT2D eigenvalue weighted by Crippen LogP contribution is -2.37. The number of rotatable bonds is 5. The molecule has 4 heteroatoms. The summed E-state index contributed by atoms with van der Waals surface area (Å²) < 4.78 is 4.92. The first-order valence-electron chi connectivity index (χ1n) is 5.48. The van der Waals surface area contributed by atoms with Gasteiger partial charge in [0.15, 0.2) is 0 Å². The standard InChI is InChI=1S/C12H18N2O2/c1-4-16-12(15)10(3)14-9(2)11-7-5-6-8-13-11/h5-10,14H,4H2,1-3H3. The molecule has 0 aliphatic heterocycles. The van der Waals surface area contributed by atoms with E-state index in [1.54, 1.807) is 20.0 Å². The first-order chi connectivity index (χ1) is 7.65. The molecule has 0 aliphatic carbocycles. The number of esters is 1. The van der Waals surface area contributed by atoms with Gasteiger partial charge >= 0.3 is 5.97 Å². The van der Waals surface area contributed by atoms with Gasteiger partial charge < -0.3 is 4.74 Å². The molecule has 1 rings (SSSR count). The van der Waals surface area contributed by atoms with E-state index in [0.29, 0.717) is 6.61 Å². The van der Waals surface area contributed by atoms with Crippen molar-refractivity contribution in [2.75, 3.05) is 6.61 Å². The highest BCUT2D eigenvalue weighted by molar-refractivity contribution is 5.75. The van der Waals surface area contributed by atoms with Crippen LogP contribution >= 0.6 is 0 Å². The molecule has 0 fully saturated rings. The Morgan fingerprint density at radius 3 is 2.81 bits per heavy atom. The van der Waals surface area contributed by atoms with E-state index in [1.807, 2.05) is 25.1 Å². The lowest BCUT2D eigenvalue weighted by Gasteiger charge is -2.18. The summed E-state index contributed by atoms with van der Waals surface area (Å²) in [6, 6.07) is 5.42. The van der Waals surface area contributed by atoms with Gasteiger partial charge in [0.1, 0.15) is 6.04 Å². The minimum Gasteiger partial charge on any atom is -0.465 e. The largest absolute Gasteiger partial charge is 0.465 e. The Hall–Kier alpha value is -1.42. The molecule has 0 amide bonds. The molecule has 1 aromatic rings. The van der Waals surface area contributed by atoms with Crippen molar-refractivity contribution >= 4 is 5.97 Å². The molecule has 0 bridgehead atoms. The van der Waals surface area contributed by atoms with E-state index in [2.05, 4.69) is 10.3 Å². The summed E-state index contributed by atoms with van der Waals surface area (Å²) in [6.45, 7) is 5.96. The predicted octanol–water partition coefficient (Wildman–Crippen LogP) is 1.68. The van der Waals surface area contributed by atoms with Gasteiger partial charge in [-0.05, 0) is 32.9 Å². The second kappa shape index (κ2) is 6.23. The number of pyridine rings is 1. The molecule has 16 heavy (non-hydrogen) atoms. The molecule has 2 atom stereocenters. The Bertz CT molecular complexity index is 327. The number of nitrogens with zero attached hydrogens (tertiary/aromatic N) is 1. The minimum absolute atomic E-state index is 0.0283. The van der Waals surface area contributed by atoms with Crippen LogP contribution in [0, 0.1) is 0 Å². The Morgan fingerprint density at radius 1 is 1.50 bits per heavy atom. The SMILES string of the molecule is CCOC(=O)C(C)NC(C)c1ccccn1. The lowest BCUT2D eigenvalue weighted by atomic mass is 10.2. The van der Waals surface area contributed by atoms with E-state index in [0.717, 1.165) is 5.69 Å². The number of nitrogens with one attached hydrogen (secondary N) is 1. The first-order valence-corrected chi connectivity index (χ1v) is 5.48. The summed E-state index contributed by atoms with van der Waals surface area (Å²) in [5, 5.41) is 3.14. The van der Waals surface area contributed by atoms with Crippen LogP contribution in [0.2, 0.25) is 0 Å². The molecule has 0 spiro atoms. The third kappa shape index (κ3) is 3.62. The molecule has 4 nitrogen and oxygen atoms in total. The summed E-state index contributed by atoms with van der Waals surface area (Å²) in [5.74, 6) is -0.231. The van der Waals surface area contributed by atoms with Crippen molar-refractivity contribution < 1.29 is 9.53 Å². The number of carbonyl (C=O) groups is 1. The van der Waals surface area contributed by atoms with Crippen LogP contribution in [0.3, 0.4) is 0 Å². The maximum absolute atomic E-state index is 11.4. The van der Waals surface area contributed by atoms with Crippen LogP contribution in [-0.2, 0) is 9.53 Å². The monoisotopic (exact) mass is 222 g/mol. The molecule has 2 unspecified atom stereocenters. The number of hydrogen-bond donors (Lipinski definition) is 1. The molecule has 1 heterocycles. The molecule has 0 aromatic carbocycles. The Labute approximate surface area is 96.0 Å². The zero-order chi connectivity index (χ0) is 12.0. The third-order valence-electron chi connectivity index (χ3n) is 2.27. The maximum Gasteiger partial charge on any atom is 0.322 e. The van der Waals surface area contributed by atoms with E-state index < -0.39 is 0 Å². The van der Waals surface area contributed by atoms with E-state index in [4.69, 9.17) is 4.74 Å². The predicted molar refractivity (Wildman–Crippen MR) is 61.9 cm³/mol. The van der Waals surface area contributed by atoms with E-state index >= 15 is 0 Å². The van der Waals surface area contributed by atoms with Crippen LogP contribution in [0.25, 0.3) is 0 Å². The zero-order valence-electron chi connectivity index (χ0n) is 9.93. The number of ether oxygens (including phenoxy) is 1. The summed E-state index contributed by atoms with van der Waals surface area (Å²) >= 11 is 0. The number of aromatic nitrogens is 1. The van der Waals surface area contributed by atoms with E-state index in [9.17, 15) is 4.79 Å². The topological polar surface area (TPSA) is 51.2 Å². The summed E-state index contributed by atoms with van der Waals surface area (Å²) in [7, 11) is 0.